The zero-order valence-corrected chi connectivity index (χ0v) is 52.6. The van der Waals surface area contributed by atoms with Crippen LogP contribution in [0.25, 0.3) is 0 Å². The molecule has 2 fully saturated rings. The smallest absolute Gasteiger partial charge is 0.409 e. The summed E-state index contributed by atoms with van der Waals surface area (Å²) in [5.74, 6) is -4.52. The monoisotopic (exact) mass is 1250 g/mol. The zero-order valence-electron chi connectivity index (χ0n) is 50.3. The number of nitrogens with zero attached hydrogens (tertiary/aromatic N) is 3. The Morgan fingerprint density at radius 1 is 1.00 bits per heavy atom. The molecule has 25 heteroatoms. The van der Waals surface area contributed by atoms with Crippen LogP contribution in [0.1, 0.15) is 120 Å². The molecule has 4 heterocycles. The summed E-state index contributed by atoms with van der Waals surface area (Å²) in [6.07, 6.45) is 5.29. The van der Waals surface area contributed by atoms with E-state index in [1.54, 1.807) is 33.0 Å². The zero-order chi connectivity index (χ0) is 63.5. The molecule has 86 heavy (non-hydrogen) atoms. The van der Waals surface area contributed by atoms with Crippen molar-refractivity contribution in [1.29, 1.82) is 0 Å². The molecule has 2 aromatic carbocycles. The van der Waals surface area contributed by atoms with Crippen molar-refractivity contribution < 1.29 is 67.2 Å². The Labute approximate surface area is 517 Å². The van der Waals surface area contributed by atoms with E-state index in [4.69, 9.17) is 60.1 Å². The number of nitrogens with one attached hydrogen (secondary N) is 4. The first kappa shape index (κ1) is 68.4. The number of hydrogen-bond donors (Lipinski definition) is 6. The van der Waals surface area contributed by atoms with E-state index in [0.29, 0.717) is 59.9 Å². The standard InChI is InChI=1S/C61H80Cl2N8O14S/c1-33(2)53(67-48(86)19-12-11-13-25-71-49(73)22-23-50(71)74)55(76)66-42(17-15-24-65-58(64)79)44(72)30-38-20-21-40(41(62)28-38)56(77)69(8)37(6)57(78)84-47-31-51(75)70(9)43-29-39(27-35(4)52(43)63)26-34(3)16-14-18-46(82-10)61(81)32-45(83-59(80)68-61)36(5)54-60(47,7)85-54/h14,16,18,20-23,27-29,33,36-37,42,45-47,53-54,81H,11-13,15,17,19,24-26,30-32H2,1-10H3,(H,66,76)(H,67,86)(H,68,80)(H3,64,65,79)/b18-14+,34-16+/t36-,37+,42+,45+,46-,47+,53+,54+,60+,61+/m1/s1. The molecule has 0 aliphatic carbocycles. The highest BCUT2D eigenvalue weighted by Crippen LogP contribution is 2.49. The lowest BCUT2D eigenvalue weighted by molar-refractivity contribution is -0.158. The van der Waals surface area contributed by atoms with Gasteiger partial charge in [-0.2, -0.15) is 0 Å². The van der Waals surface area contributed by atoms with Gasteiger partial charge in [0.25, 0.3) is 17.7 Å². The lowest BCUT2D eigenvalue weighted by Crippen LogP contribution is -2.63. The summed E-state index contributed by atoms with van der Waals surface area (Å²) in [6.45, 7) is 12.7. The molecule has 468 valence electrons. The molecule has 0 saturated carbocycles. The second-order valence-corrected chi connectivity index (χ2v) is 24.4. The van der Waals surface area contributed by atoms with Crippen molar-refractivity contribution in [3.05, 3.63) is 98.6 Å². The van der Waals surface area contributed by atoms with E-state index in [-0.39, 0.29) is 60.5 Å². The maximum absolute atomic E-state index is 14.5. The van der Waals surface area contributed by atoms with Crippen LogP contribution in [0.2, 0.25) is 10.0 Å². The molecule has 4 aliphatic rings. The van der Waals surface area contributed by atoms with Gasteiger partial charge in [-0.1, -0.05) is 98.5 Å². The van der Waals surface area contributed by atoms with Crippen LogP contribution in [0.4, 0.5) is 15.3 Å². The number of aliphatic hydroxyl groups is 1. The number of unbranched alkanes of at least 4 members (excludes halogenated alkanes) is 2. The molecule has 4 aliphatic heterocycles. The number of benzene rings is 2. The Hall–Kier alpha value is -6.76. The van der Waals surface area contributed by atoms with E-state index in [0.717, 1.165) is 21.6 Å². The number of methoxy groups -OCH3 is 1. The number of nitrogens with two attached hydrogens (primary N) is 1. The number of thiocarbonyl (C=S) groups is 1. The Morgan fingerprint density at radius 3 is 2.35 bits per heavy atom. The molecule has 0 unspecified atom stereocenters. The predicted molar refractivity (Wildman–Crippen MR) is 326 cm³/mol. The third-order valence-electron chi connectivity index (χ3n) is 16.2. The Bertz CT molecular complexity index is 3030. The summed E-state index contributed by atoms with van der Waals surface area (Å²) < 4.78 is 24.0. The number of rotatable bonds is 22. The number of hydrogen-bond acceptors (Lipinski definition) is 15. The van der Waals surface area contributed by atoms with E-state index >= 15 is 0 Å². The van der Waals surface area contributed by atoms with Crippen molar-refractivity contribution in [2.24, 2.45) is 17.6 Å². The van der Waals surface area contributed by atoms with Gasteiger partial charge in [-0.3, -0.25) is 39.0 Å². The molecular formula is C61H80Cl2N8O14S. The number of alkyl carbamates (subject to hydrolysis) is 1. The average Bonchev–Trinajstić information content (AvgIpc) is 1.60. The molecule has 8 amide bonds. The van der Waals surface area contributed by atoms with Gasteiger partial charge in [0.15, 0.2) is 11.5 Å². The first-order chi connectivity index (χ1) is 40.5. The van der Waals surface area contributed by atoms with E-state index in [1.807, 2.05) is 45.9 Å². The maximum Gasteiger partial charge on any atom is 0.409 e. The van der Waals surface area contributed by atoms with Crippen molar-refractivity contribution in [2.45, 2.75) is 167 Å². The van der Waals surface area contributed by atoms with Gasteiger partial charge in [0, 0.05) is 65.2 Å². The number of aryl methyl sites for hydroxylation is 1. The van der Waals surface area contributed by atoms with Gasteiger partial charge in [0.05, 0.1) is 44.9 Å². The summed E-state index contributed by atoms with van der Waals surface area (Å²) >= 11 is 19.3. The third-order valence-corrected chi connectivity index (χ3v) is 17.3. The summed E-state index contributed by atoms with van der Waals surface area (Å²) in [6, 6.07) is 4.24. The minimum atomic E-state index is -1.90. The highest BCUT2D eigenvalue weighted by Gasteiger charge is 2.64. The molecule has 0 aromatic heterocycles. The second kappa shape index (κ2) is 29.8. The van der Waals surface area contributed by atoms with Gasteiger partial charge in [-0.15, -0.1) is 0 Å². The maximum atomic E-state index is 14.5. The molecule has 7 N–H and O–H groups in total. The molecule has 0 radical (unpaired) electrons. The second-order valence-electron chi connectivity index (χ2n) is 23.1. The summed E-state index contributed by atoms with van der Waals surface area (Å²) in [5, 5.41) is 23.2. The number of allylic oxidation sites excluding steroid dienone is 3. The van der Waals surface area contributed by atoms with Crippen molar-refractivity contribution in [2.75, 3.05) is 39.2 Å². The Balaban J connectivity index is 1.15. The van der Waals surface area contributed by atoms with Crippen molar-refractivity contribution >= 4 is 99.5 Å². The molecule has 10 atom stereocenters. The number of urea groups is 1. The number of ketones is 1. The molecule has 22 nitrogen and oxygen atoms in total. The van der Waals surface area contributed by atoms with Crippen LogP contribution in [-0.4, -0.2) is 161 Å². The van der Waals surface area contributed by atoms with Crippen LogP contribution < -0.4 is 31.9 Å². The van der Waals surface area contributed by atoms with Crippen LogP contribution in [0.3, 0.4) is 0 Å². The third kappa shape index (κ3) is 17.3. The van der Waals surface area contributed by atoms with Crippen LogP contribution in [0.5, 0.6) is 0 Å². The Morgan fingerprint density at radius 2 is 1.70 bits per heavy atom. The average molecular weight is 1250 g/mol. The lowest BCUT2D eigenvalue weighted by atomic mass is 9.83. The number of carbonyl (C=O) groups is 9. The number of carbonyl (C=O) groups excluding carboxylic acids is 9. The number of ether oxygens (including phenoxy) is 4. The minimum absolute atomic E-state index is 0.0128. The fraction of sp³-hybridized carbons (Fsp3) is 0.541. The molecule has 4 bridgehead atoms. The van der Waals surface area contributed by atoms with Crippen LogP contribution >= 0.6 is 35.4 Å². The molecule has 2 aromatic rings. The fourth-order valence-electron chi connectivity index (χ4n) is 10.8. The van der Waals surface area contributed by atoms with E-state index < -0.39 is 108 Å². The quantitative estimate of drug-likeness (QED) is 0.0249. The summed E-state index contributed by atoms with van der Waals surface area (Å²) in [7, 11) is 4.36. The number of esters is 1. The van der Waals surface area contributed by atoms with Crippen molar-refractivity contribution in [3.8, 4) is 0 Å². The largest absolute Gasteiger partial charge is 0.457 e. The van der Waals surface area contributed by atoms with E-state index in [9.17, 15) is 48.3 Å². The first-order valence-electron chi connectivity index (χ1n) is 28.7. The van der Waals surface area contributed by atoms with Crippen molar-refractivity contribution in [1.82, 2.24) is 31.1 Å². The number of primary amides is 1. The minimum Gasteiger partial charge on any atom is -0.457 e. The topological polar surface area (TPSA) is 298 Å². The highest BCUT2D eigenvalue weighted by molar-refractivity contribution is 7.80. The number of anilines is 1. The molecule has 6 rings (SSSR count). The number of epoxide rings is 1. The lowest BCUT2D eigenvalue weighted by Gasteiger charge is -2.42. The van der Waals surface area contributed by atoms with Gasteiger partial charge in [-0.05, 0) is 107 Å². The summed E-state index contributed by atoms with van der Waals surface area (Å²) in [5.41, 5.74) is 5.32. The first-order valence-corrected chi connectivity index (χ1v) is 29.9. The molecule has 2 saturated heterocycles. The van der Waals surface area contributed by atoms with Crippen LogP contribution in [-0.2, 0) is 60.6 Å². The van der Waals surface area contributed by atoms with Gasteiger partial charge in [0.2, 0.25) is 11.8 Å². The molecule has 0 spiro atoms. The van der Waals surface area contributed by atoms with Crippen molar-refractivity contribution in [3.63, 3.8) is 0 Å². The molecular weight excluding hydrogens is 1170 g/mol. The number of amides is 8. The van der Waals surface area contributed by atoms with Gasteiger partial charge >= 0.3 is 18.1 Å². The number of fused-ring (bicyclic) bond motifs is 5. The van der Waals surface area contributed by atoms with Gasteiger partial charge in [0.1, 0.15) is 36.0 Å². The SMILES string of the molecule is CO[C@@H]1/C=C/C=C(\C)Cc2cc(C)c(Cl)c(c2)N(C)C(=O)C[C@H](OC(=O)[C@H](C)N(C)C(=O)c2ccc(CC(=O)[C@H](CCCNC(N)=O)NC(=O)[C@@H](NC(=S)CCCCCN3C(=O)C=CC3=O)C(C)C)cc2Cl)[C@]2(C)O[C@H]2[C@H](C)[C@@H]2C[C@@]1(O)NC(=O)O2. The predicted octanol–water partition coefficient (Wildman–Crippen LogP) is 6.25. The fourth-order valence-corrected chi connectivity index (χ4v) is 11.6. The van der Waals surface area contributed by atoms with Crippen LogP contribution in [0.15, 0.2) is 66.3 Å². The summed E-state index contributed by atoms with van der Waals surface area (Å²) in [4.78, 5) is 124. The number of halogens is 2. The Kier molecular flexibility index (Phi) is 23.7. The highest BCUT2D eigenvalue weighted by atomic mass is 35.5. The number of likely N-dealkylation sites (N-methyl/N-ethyl adjacent to an activating group) is 1. The van der Waals surface area contributed by atoms with Gasteiger partial charge < -0.3 is 55.5 Å². The van der Waals surface area contributed by atoms with E-state index in [2.05, 4.69) is 21.3 Å². The number of Topliss-reactive ketones (excluding diaryl/α,β-unsaturated/α-hetero) is 1. The van der Waals surface area contributed by atoms with Crippen LogP contribution in [0, 0.1) is 18.8 Å². The van der Waals surface area contributed by atoms with E-state index in [1.165, 1.54) is 61.2 Å². The normalized spacial score (nSPS) is 25.1. The number of imide groups is 1. The van der Waals surface area contributed by atoms with Gasteiger partial charge in [-0.25, -0.2) is 14.4 Å².